The standard InChI is InChI=1S/C14H28N2S/c1-3-9-16(14-7-10-17-12(14)2)11-13-6-4-5-8-15-13/h12-15H,3-11H2,1-2H3. The van der Waals surface area contributed by atoms with Gasteiger partial charge in [-0.2, -0.15) is 11.8 Å². The van der Waals surface area contributed by atoms with Gasteiger partial charge in [-0.3, -0.25) is 4.90 Å². The van der Waals surface area contributed by atoms with Crippen LogP contribution >= 0.6 is 11.8 Å². The van der Waals surface area contributed by atoms with Crippen LogP contribution in [-0.4, -0.2) is 47.6 Å². The molecule has 0 bridgehead atoms. The van der Waals surface area contributed by atoms with Crippen molar-refractivity contribution in [1.29, 1.82) is 0 Å². The fourth-order valence-electron chi connectivity index (χ4n) is 3.24. The lowest BCUT2D eigenvalue weighted by Gasteiger charge is -2.35. The van der Waals surface area contributed by atoms with E-state index in [-0.39, 0.29) is 0 Å². The Labute approximate surface area is 111 Å². The van der Waals surface area contributed by atoms with Crippen LogP contribution < -0.4 is 5.32 Å². The molecule has 0 amide bonds. The number of nitrogens with one attached hydrogen (secondary N) is 1. The molecule has 0 aromatic rings. The predicted octanol–water partition coefficient (Wildman–Crippen LogP) is 2.73. The summed E-state index contributed by atoms with van der Waals surface area (Å²) in [6, 6.07) is 1.59. The minimum Gasteiger partial charge on any atom is -0.313 e. The lowest BCUT2D eigenvalue weighted by Crippen LogP contribution is -2.49. The fourth-order valence-corrected chi connectivity index (χ4v) is 4.52. The van der Waals surface area contributed by atoms with Crippen LogP contribution in [0.5, 0.6) is 0 Å². The summed E-state index contributed by atoms with van der Waals surface area (Å²) in [5, 5.41) is 4.54. The number of rotatable bonds is 5. The van der Waals surface area contributed by atoms with Gasteiger partial charge in [-0.15, -0.1) is 0 Å². The molecule has 2 nitrogen and oxygen atoms in total. The Morgan fingerprint density at radius 3 is 2.76 bits per heavy atom. The number of piperidine rings is 1. The van der Waals surface area contributed by atoms with Crippen LogP contribution in [0.1, 0.15) is 46.0 Å². The van der Waals surface area contributed by atoms with Gasteiger partial charge < -0.3 is 5.32 Å². The molecule has 2 heterocycles. The highest BCUT2D eigenvalue weighted by Gasteiger charge is 2.30. The normalized spacial score (nSPS) is 34.4. The number of hydrogen-bond donors (Lipinski definition) is 1. The Hall–Kier alpha value is 0.270. The summed E-state index contributed by atoms with van der Waals surface area (Å²) in [5.74, 6) is 1.37. The van der Waals surface area contributed by atoms with Crippen LogP contribution in [0, 0.1) is 0 Å². The molecule has 17 heavy (non-hydrogen) atoms. The van der Waals surface area contributed by atoms with Gasteiger partial charge in [0.05, 0.1) is 0 Å². The highest BCUT2D eigenvalue weighted by molar-refractivity contribution is 8.00. The van der Waals surface area contributed by atoms with Gasteiger partial charge in [0, 0.05) is 23.9 Å². The van der Waals surface area contributed by atoms with Crippen LogP contribution in [0.4, 0.5) is 0 Å². The van der Waals surface area contributed by atoms with Crippen LogP contribution in [0.15, 0.2) is 0 Å². The molecule has 2 aliphatic heterocycles. The van der Waals surface area contributed by atoms with E-state index in [1.54, 1.807) is 0 Å². The maximum absolute atomic E-state index is 3.70. The van der Waals surface area contributed by atoms with Gasteiger partial charge in [0.15, 0.2) is 0 Å². The van der Waals surface area contributed by atoms with E-state index in [2.05, 4.69) is 35.8 Å². The Balaban J connectivity index is 1.86. The molecular formula is C14H28N2S. The van der Waals surface area contributed by atoms with E-state index in [0.717, 1.165) is 17.3 Å². The van der Waals surface area contributed by atoms with Crippen molar-refractivity contribution in [2.24, 2.45) is 0 Å². The summed E-state index contributed by atoms with van der Waals surface area (Å²) in [6.07, 6.45) is 6.88. The molecular weight excluding hydrogens is 228 g/mol. The molecule has 0 radical (unpaired) electrons. The van der Waals surface area contributed by atoms with E-state index in [1.807, 2.05) is 0 Å². The van der Waals surface area contributed by atoms with Crippen molar-refractivity contribution in [3.8, 4) is 0 Å². The van der Waals surface area contributed by atoms with Gasteiger partial charge in [0.2, 0.25) is 0 Å². The molecule has 2 rings (SSSR count). The summed E-state index contributed by atoms with van der Waals surface area (Å²) in [7, 11) is 0. The fraction of sp³-hybridized carbons (Fsp3) is 1.00. The van der Waals surface area contributed by atoms with Crippen molar-refractivity contribution < 1.29 is 0 Å². The molecule has 100 valence electrons. The number of thioether (sulfide) groups is 1. The third-order valence-electron chi connectivity index (χ3n) is 4.18. The molecule has 2 aliphatic rings. The van der Waals surface area contributed by atoms with Crippen LogP contribution in [0.3, 0.4) is 0 Å². The number of nitrogens with zero attached hydrogens (tertiary/aromatic N) is 1. The highest BCUT2D eigenvalue weighted by Crippen LogP contribution is 2.30. The van der Waals surface area contributed by atoms with Gasteiger partial charge >= 0.3 is 0 Å². The summed E-state index contributed by atoms with van der Waals surface area (Å²) in [6.45, 7) is 8.53. The molecule has 2 fully saturated rings. The average molecular weight is 256 g/mol. The van der Waals surface area contributed by atoms with Crippen LogP contribution in [-0.2, 0) is 0 Å². The minimum absolute atomic E-state index is 0.757. The zero-order valence-corrected chi connectivity index (χ0v) is 12.3. The van der Waals surface area contributed by atoms with E-state index in [4.69, 9.17) is 0 Å². The summed E-state index contributed by atoms with van der Waals surface area (Å²) in [5.41, 5.74) is 0. The average Bonchev–Trinajstić information content (AvgIpc) is 2.76. The molecule has 3 unspecified atom stereocenters. The topological polar surface area (TPSA) is 15.3 Å². The first-order chi connectivity index (χ1) is 8.31. The Morgan fingerprint density at radius 2 is 2.18 bits per heavy atom. The maximum atomic E-state index is 3.70. The molecule has 0 aromatic carbocycles. The second kappa shape index (κ2) is 7.01. The third kappa shape index (κ3) is 3.87. The first-order valence-electron chi connectivity index (χ1n) is 7.40. The van der Waals surface area contributed by atoms with E-state index in [9.17, 15) is 0 Å². The van der Waals surface area contributed by atoms with Crippen LogP contribution in [0.2, 0.25) is 0 Å². The van der Waals surface area contributed by atoms with E-state index >= 15 is 0 Å². The largest absolute Gasteiger partial charge is 0.313 e. The quantitative estimate of drug-likeness (QED) is 0.814. The molecule has 0 saturated carbocycles. The molecule has 0 aliphatic carbocycles. The van der Waals surface area contributed by atoms with Crippen molar-refractivity contribution >= 4 is 11.8 Å². The maximum Gasteiger partial charge on any atom is 0.0220 e. The molecule has 0 spiro atoms. The second-order valence-electron chi connectivity index (χ2n) is 5.57. The minimum atomic E-state index is 0.757. The van der Waals surface area contributed by atoms with Crippen molar-refractivity contribution in [2.75, 3.05) is 25.4 Å². The van der Waals surface area contributed by atoms with E-state index in [0.29, 0.717) is 0 Å². The smallest absolute Gasteiger partial charge is 0.0220 e. The summed E-state index contributed by atoms with van der Waals surface area (Å²) >= 11 is 2.16. The number of hydrogen-bond acceptors (Lipinski definition) is 3. The van der Waals surface area contributed by atoms with Gasteiger partial charge in [0.1, 0.15) is 0 Å². The monoisotopic (exact) mass is 256 g/mol. The molecule has 1 N–H and O–H groups in total. The van der Waals surface area contributed by atoms with Crippen molar-refractivity contribution in [2.45, 2.75) is 63.3 Å². The first-order valence-corrected chi connectivity index (χ1v) is 8.45. The Kier molecular flexibility index (Phi) is 5.64. The zero-order chi connectivity index (χ0) is 12.1. The molecule has 0 aromatic heterocycles. The van der Waals surface area contributed by atoms with Crippen molar-refractivity contribution in [1.82, 2.24) is 10.2 Å². The summed E-state index contributed by atoms with van der Waals surface area (Å²) < 4.78 is 0. The SMILES string of the molecule is CCCN(CC1CCCCN1)C1CCSC1C. The lowest BCUT2D eigenvalue weighted by molar-refractivity contribution is 0.166. The second-order valence-corrected chi connectivity index (χ2v) is 7.06. The highest BCUT2D eigenvalue weighted by atomic mass is 32.2. The van der Waals surface area contributed by atoms with E-state index in [1.165, 1.54) is 57.5 Å². The predicted molar refractivity (Wildman–Crippen MR) is 77.8 cm³/mol. The molecule has 3 atom stereocenters. The Bertz CT molecular complexity index is 216. The van der Waals surface area contributed by atoms with Gasteiger partial charge in [-0.05, 0) is 44.5 Å². The van der Waals surface area contributed by atoms with Crippen molar-refractivity contribution in [3.05, 3.63) is 0 Å². The molecule has 3 heteroatoms. The van der Waals surface area contributed by atoms with Crippen LogP contribution in [0.25, 0.3) is 0 Å². The zero-order valence-electron chi connectivity index (χ0n) is 11.5. The van der Waals surface area contributed by atoms with Gasteiger partial charge in [-0.25, -0.2) is 0 Å². The first kappa shape index (κ1) is 13.7. The third-order valence-corrected chi connectivity index (χ3v) is 5.49. The van der Waals surface area contributed by atoms with Gasteiger partial charge in [0.25, 0.3) is 0 Å². The summed E-state index contributed by atoms with van der Waals surface area (Å²) in [4.78, 5) is 2.77. The Morgan fingerprint density at radius 1 is 1.29 bits per heavy atom. The van der Waals surface area contributed by atoms with Crippen molar-refractivity contribution in [3.63, 3.8) is 0 Å². The van der Waals surface area contributed by atoms with E-state index < -0.39 is 0 Å². The van der Waals surface area contributed by atoms with Gasteiger partial charge in [-0.1, -0.05) is 20.3 Å². The lowest BCUT2D eigenvalue weighted by atomic mass is 10.0. The molecule has 2 saturated heterocycles.